The number of halogens is 2. The van der Waals surface area contributed by atoms with Gasteiger partial charge in [-0.15, -0.1) is 0 Å². The summed E-state index contributed by atoms with van der Waals surface area (Å²) >= 11 is 0. The molecule has 0 aliphatic heterocycles. The highest BCUT2D eigenvalue weighted by Gasteiger charge is 2.17. The Labute approximate surface area is 114 Å². The lowest BCUT2D eigenvalue weighted by atomic mass is 10.1. The van der Waals surface area contributed by atoms with Gasteiger partial charge in [0, 0.05) is 12.6 Å². The molecule has 0 aliphatic carbocycles. The van der Waals surface area contributed by atoms with Crippen LogP contribution in [0, 0.1) is 11.6 Å². The number of rotatable bonds is 4. The highest BCUT2D eigenvalue weighted by Crippen LogP contribution is 2.21. The molecule has 106 valence electrons. The fourth-order valence-corrected chi connectivity index (χ4v) is 1.83. The summed E-state index contributed by atoms with van der Waals surface area (Å²) in [4.78, 5) is 11.9. The molecular weight excluding hydrogens is 266 g/mol. The largest absolute Gasteiger partial charge is 0.467 e. The van der Waals surface area contributed by atoms with Gasteiger partial charge in [0.05, 0.1) is 12.3 Å². The highest BCUT2D eigenvalue weighted by atomic mass is 19.1. The van der Waals surface area contributed by atoms with Crippen LogP contribution in [0.1, 0.15) is 29.1 Å². The third-order valence-electron chi connectivity index (χ3n) is 2.87. The van der Waals surface area contributed by atoms with Crippen LogP contribution in [-0.2, 0) is 0 Å². The van der Waals surface area contributed by atoms with Crippen molar-refractivity contribution >= 4 is 11.6 Å². The summed E-state index contributed by atoms with van der Waals surface area (Å²) in [5, 5.41) is 5.00. The molecular formula is C14H14F2N2O2. The average molecular weight is 280 g/mol. The van der Waals surface area contributed by atoms with E-state index in [1.54, 1.807) is 19.1 Å². The van der Waals surface area contributed by atoms with E-state index in [-0.39, 0.29) is 11.3 Å². The molecule has 0 bridgehead atoms. The third-order valence-corrected chi connectivity index (χ3v) is 2.87. The van der Waals surface area contributed by atoms with E-state index < -0.39 is 23.6 Å². The van der Waals surface area contributed by atoms with Crippen molar-refractivity contribution in [3.63, 3.8) is 0 Å². The molecule has 2 N–H and O–H groups in total. The average Bonchev–Trinajstić information content (AvgIpc) is 2.92. The maximum Gasteiger partial charge on any atom is 0.252 e. The Kier molecular flexibility index (Phi) is 4.02. The van der Waals surface area contributed by atoms with Gasteiger partial charge < -0.3 is 15.1 Å². The molecule has 20 heavy (non-hydrogen) atoms. The Bertz CT molecular complexity index is 589. The van der Waals surface area contributed by atoms with Crippen molar-refractivity contribution in [1.82, 2.24) is 5.32 Å². The first kappa shape index (κ1) is 14.0. The second kappa shape index (κ2) is 5.73. The van der Waals surface area contributed by atoms with Crippen molar-refractivity contribution in [2.75, 3.05) is 12.4 Å². The van der Waals surface area contributed by atoms with Gasteiger partial charge in [-0.05, 0) is 31.2 Å². The molecule has 1 aromatic carbocycles. The minimum Gasteiger partial charge on any atom is -0.467 e. The Morgan fingerprint density at radius 3 is 2.45 bits per heavy atom. The molecule has 6 heteroatoms. The van der Waals surface area contributed by atoms with Crippen LogP contribution < -0.4 is 10.6 Å². The first-order valence-electron chi connectivity index (χ1n) is 6.04. The summed E-state index contributed by atoms with van der Waals surface area (Å²) < 4.78 is 32.3. The molecule has 4 nitrogen and oxygen atoms in total. The van der Waals surface area contributed by atoms with Crippen LogP contribution in [0.5, 0.6) is 0 Å². The molecule has 1 unspecified atom stereocenters. The van der Waals surface area contributed by atoms with Crippen LogP contribution >= 0.6 is 0 Å². The van der Waals surface area contributed by atoms with Gasteiger partial charge in [0.25, 0.3) is 5.91 Å². The second-order valence-electron chi connectivity index (χ2n) is 4.28. The van der Waals surface area contributed by atoms with E-state index in [0.29, 0.717) is 5.76 Å². The maximum atomic E-state index is 13.6. The quantitative estimate of drug-likeness (QED) is 0.905. The number of hydrogen-bond donors (Lipinski definition) is 2. The van der Waals surface area contributed by atoms with E-state index in [0.717, 1.165) is 12.1 Å². The summed E-state index contributed by atoms with van der Waals surface area (Å²) in [6.45, 7) is 1.71. The Morgan fingerprint density at radius 2 is 1.95 bits per heavy atom. The van der Waals surface area contributed by atoms with Gasteiger partial charge >= 0.3 is 0 Å². The number of furan rings is 1. The molecule has 1 atom stereocenters. The molecule has 0 spiro atoms. The molecule has 0 saturated heterocycles. The van der Waals surface area contributed by atoms with E-state index >= 15 is 0 Å². The molecule has 1 aromatic heterocycles. The van der Waals surface area contributed by atoms with Crippen molar-refractivity contribution in [3.05, 3.63) is 53.5 Å². The van der Waals surface area contributed by atoms with Gasteiger partial charge in [0.15, 0.2) is 0 Å². The van der Waals surface area contributed by atoms with Gasteiger partial charge in [-0.25, -0.2) is 8.78 Å². The zero-order valence-corrected chi connectivity index (χ0v) is 11.0. The van der Waals surface area contributed by atoms with Crippen LogP contribution in [0.25, 0.3) is 0 Å². The molecule has 0 aliphatic rings. The molecule has 2 aromatic rings. The van der Waals surface area contributed by atoms with E-state index in [2.05, 4.69) is 10.6 Å². The fourth-order valence-electron chi connectivity index (χ4n) is 1.83. The van der Waals surface area contributed by atoms with Crippen molar-refractivity contribution in [1.29, 1.82) is 0 Å². The van der Waals surface area contributed by atoms with Crippen molar-refractivity contribution in [3.8, 4) is 0 Å². The lowest BCUT2D eigenvalue weighted by molar-refractivity contribution is 0.0934. The van der Waals surface area contributed by atoms with E-state index in [1.165, 1.54) is 13.3 Å². The third kappa shape index (κ3) is 2.79. The first-order valence-corrected chi connectivity index (χ1v) is 6.04. The number of anilines is 1. The predicted molar refractivity (Wildman–Crippen MR) is 70.5 cm³/mol. The van der Waals surface area contributed by atoms with Crippen molar-refractivity contribution in [2.45, 2.75) is 13.0 Å². The summed E-state index contributed by atoms with van der Waals surface area (Å²) in [6.07, 6.45) is 1.49. The van der Waals surface area contributed by atoms with Crippen LogP contribution in [-0.4, -0.2) is 13.0 Å². The summed E-state index contributed by atoms with van der Waals surface area (Å²) in [6, 6.07) is 4.97. The fraction of sp³-hybridized carbons (Fsp3) is 0.214. The number of carbonyl (C=O) groups excluding carboxylic acids is 1. The van der Waals surface area contributed by atoms with Crippen LogP contribution in [0.15, 0.2) is 34.9 Å². The topological polar surface area (TPSA) is 54.3 Å². The van der Waals surface area contributed by atoms with E-state index in [4.69, 9.17) is 4.42 Å². The molecule has 2 rings (SSSR count). The van der Waals surface area contributed by atoms with Crippen LogP contribution in [0.3, 0.4) is 0 Å². The lowest BCUT2D eigenvalue weighted by Crippen LogP contribution is -2.26. The van der Waals surface area contributed by atoms with Gasteiger partial charge in [-0.3, -0.25) is 4.79 Å². The Hall–Kier alpha value is -2.37. The van der Waals surface area contributed by atoms with E-state index in [9.17, 15) is 13.6 Å². The molecule has 0 saturated carbocycles. The number of benzene rings is 1. The number of hydrogen-bond acceptors (Lipinski definition) is 3. The lowest BCUT2D eigenvalue weighted by Gasteiger charge is -2.12. The standard InChI is InChI=1S/C14H14F2N2O2/c1-8(12-4-3-5-20-12)18-14(19)9-6-10(15)13(17-2)11(16)7-9/h3-8,17H,1-2H3,(H,18,19). The summed E-state index contributed by atoms with van der Waals surface area (Å²) in [5.74, 6) is -1.65. The van der Waals surface area contributed by atoms with Gasteiger partial charge in [0.2, 0.25) is 0 Å². The zero-order valence-electron chi connectivity index (χ0n) is 11.0. The van der Waals surface area contributed by atoms with Crippen LogP contribution in [0.2, 0.25) is 0 Å². The second-order valence-corrected chi connectivity index (χ2v) is 4.28. The molecule has 0 radical (unpaired) electrons. The van der Waals surface area contributed by atoms with Gasteiger partial charge in [-0.2, -0.15) is 0 Å². The number of carbonyl (C=O) groups is 1. The van der Waals surface area contributed by atoms with Crippen molar-refractivity contribution in [2.24, 2.45) is 0 Å². The minimum atomic E-state index is -0.816. The SMILES string of the molecule is CNc1c(F)cc(C(=O)NC(C)c2ccco2)cc1F. The van der Waals surface area contributed by atoms with Gasteiger partial charge in [-0.1, -0.05) is 0 Å². The summed E-state index contributed by atoms with van der Waals surface area (Å²) in [5.41, 5.74) is -0.349. The molecule has 1 heterocycles. The normalized spacial score (nSPS) is 12.0. The smallest absolute Gasteiger partial charge is 0.252 e. The Morgan fingerprint density at radius 1 is 1.30 bits per heavy atom. The molecule has 0 fully saturated rings. The maximum absolute atomic E-state index is 13.6. The summed E-state index contributed by atoms with van der Waals surface area (Å²) in [7, 11) is 1.40. The minimum absolute atomic E-state index is 0.0857. The predicted octanol–water partition coefficient (Wildman–Crippen LogP) is 3.09. The Balaban J connectivity index is 2.17. The van der Waals surface area contributed by atoms with Crippen molar-refractivity contribution < 1.29 is 18.0 Å². The first-order chi connectivity index (χ1) is 9.52. The monoisotopic (exact) mass is 280 g/mol. The van der Waals surface area contributed by atoms with E-state index in [1.807, 2.05) is 0 Å². The molecule has 1 amide bonds. The van der Waals surface area contributed by atoms with Gasteiger partial charge in [0.1, 0.15) is 23.1 Å². The zero-order chi connectivity index (χ0) is 14.7. The highest BCUT2D eigenvalue weighted by molar-refractivity contribution is 5.94. The van der Waals surface area contributed by atoms with Crippen LogP contribution in [0.4, 0.5) is 14.5 Å². The number of amides is 1. The number of nitrogens with one attached hydrogen (secondary N) is 2.